The standard InChI is InChI=1S/C20H28N4O2/c1-13(2)24-12-14(3)19-17(20(25)22-26)9-16(10-18(19)24)23-7-5-15(6-8-23)11-21-4/h9-10,12-13,15,21H,5-8,11H2,1-4H3. The fourth-order valence-corrected chi connectivity index (χ4v) is 4.08. The lowest BCUT2D eigenvalue weighted by atomic mass is 9.96. The Bertz CT molecular complexity index is 817. The predicted octanol–water partition coefficient (Wildman–Crippen LogP) is 3.87. The van der Waals surface area contributed by atoms with Gasteiger partial charge in [-0.05, 0) is 70.8 Å². The summed E-state index contributed by atoms with van der Waals surface area (Å²) in [7, 11) is 1.99. The van der Waals surface area contributed by atoms with Crippen LogP contribution in [0.25, 0.3) is 10.9 Å². The molecular formula is C20H28N4O2. The first-order chi connectivity index (χ1) is 12.5. The first-order valence-corrected chi connectivity index (χ1v) is 9.38. The lowest BCUT2D eigenvalue weighted by Crippen LogP contribution is -2.36. The van der Waals surface area contributed by atoms with E-state index in [0.29, 0.717) is 11.5 Å². The second kappa shape index (κ2) is 7.58. The zero-order chi connectivity index (χ0) is 18.8. The van der Waals surface area contributed by atoms with Gasteiger partial charge in [0.05, 0.1) is 11.1 Å². The van der Waals surface area contributed by atoms with Crippen molar-refractivity contribution in [1.82, 2.24) is 9.88 Å². The van der Waals surface area contributed by atoms with E-state index in [9.17, 15) is 9.70 Å². The molecule has 6 nitrogen and oxygen atoms in total. The van der Waals surface area contributed by atoms with E-state index in [2.05, 4.69) is 46.1 Å². The molecule has 1 aromatic carbocycles. The molecule has 0 atom stereocenters. The number of rotatable bonds is 5. The molecule has 0 bridgehead atoms. The Morgan fingerprint density at radius 2 is 2.00 bits per heavy atom. The summed E-state index contributed by atoms with van der Waals surface area (Å²) in [6, 6.07) is 4.28. The minimum atomic E-state index is -0.688. The molecule has 1 amide bonds. The molecule has 0 radical (unpaired) electrons. The number of nitroso groups, excluding NO2 is 1. The average Bonchev–Trinajstić information content (AvgIpc) is 2.98. The van der Waals surface area contributed by atoms with E-state index in [1.165, 1.54) is 0 Å². The zero-order valence-corrected chi connectivity index (χ0v) is 16.1. The van der Waals surface area contributed by atoms with Crippen molar-refractivity contribution in [2.24, 2.45) is 11.1 Å². The van der Waals surface area contributed by atoms with Crippen LogP contribution in [0.2, 0.25) is 0 Å². The second-order valence-corrected chi connectivity index (χ2v) is 7.59. The monoisotopic (exact) mass is 356 g/mol. The van der Waals surface area contributed by atoms with Crippen LogP contribution in [0.3, 0.4) is 0 Å². The van der Waals surface area contributed by atoms with Gasteiger partial charge in [-0.1, -0.05) is 0 Å². The number of hydrogen-bond donors (Lipinski definition) is 1. The number of aromatic nitrogens is 1. The highest BCUT2D eigenvalue weighted by molar-refractivity contribution is 6.09. The number of fused-ring (bicyclic) bond motifs is 1. The SMILES string of the molecule is CNCC1CCN(c2cc(C(=O)N=O)c3c(C)cn(C(C)C)c3c2)CC1. The Kier molecular flexibility index (Phi) is 5.41. The minimum absolute atomic E-state index is 0.273. The van der Waals surface area contributed by atoms with Gasteiger partial charge < -0.3 is 14.8 Å². The van der Waals surface area contributed by atoms with Crippen molar-refractivity contribution in [2.45, 2.75) is 39.7 Å². The molecule has 1 aromatic heterocycles. The number of carbonyl (C=O) groups is 1. The number of nitrogens with zero attached hydrogens (tertiary/aromatic N) is 3. The summed E-state index contributed by atoms with van der Waals surface area (Å²) >= 11 is 0. The van der Waals surface area contributed by atoms with E-state index in [1.54, 1.807) is 0 Å². The molecule has 6 heteroatoms. The zero-order valence-electron chi connectivity index (χ0n) is 16.1. The van der Waals surface area contributed by atoms with E-state index in [1.807, 2.05) is 20.0 Å². The maximum absolute atomic E-state index is 12.2. The maximum atomic E-state index is 12.2. The van der Waals surface area contributed by atoms with Crippen LogP contribution in [0.5, 0.6) is 0 Å². The Morgan fingerprint density at radius 1 is 1.31 bits per heavy atom. The topological polar surface area (TPSA) is 66.7 Å². The third kappa shape index (κ3) is 3.38. The Hall–Kier alpha value is -2.21. The molecule has 2 heterocycles. The van der Waals surface area contributed by atoms with E-state index in [0.717, 1.165) is 54.6 Å². The van der Waals surface area contributed by atoms with Gasteiger partial charge >= 0.3 is 5.91 Å². The summed E-state index contributed by atoms with van der Waals surface area (Å²) in [6.45, 7) is 9.18. The molecule has 3 rings (SSSR count). The molecule has 0 aliphatic carbocycles. The second-order valence-electron chi connectivity index (χ2n) is 7.59. The van der Waals surface area contributed by atoms with Gasteiger partial charge in [-0.25, -0.2) is 0 Å². The third-order valence-corrected chi connectivity index (χ3v) is 5.45. The van der Waals surface area contributed by atoms with Crippen LogP contribution in [0.4, 0.5) is 5.69 Å². The summed E-state index contributed by atoms with van der Waals surface area (Å²) in [6.07, 6.45) is 4.30. The van der Waals surface area contributed by atoms with Crippen LogP contribution in [0, 0.1) is 17.7 Å². The molecule has 0 spiro atoms. The van der Waals surface area contributed by atoms with Crippen LogP contribution in [-0.4, -0.2) is 37.2 Å². The molecule has 2 aromatic rings. The van der Waals surface area contributed by atoms with Crippen molar-refractivity contribution in [3.05, 3.63) is 34.4 Å². The number of hydrogen-bond acceptors (Lipinski definition) is 4. The fourth-order valence-electron chi connectivity index (χ4n) is 4.08. The van der Waals surface area contributed by atoms with Crippen LogP contribution in [-0.2, 0) is 0 Å². The fraction of sp³-hybridized carbons (Fsp3) is 0.550. The van der Waals surface area contributed by atoms with Gasteiger partial charge in [-0.2, -0.15) is 0 Å². The molecule has 0 saturated carbocycles. The van der Waals surface area contributed by atoms with Crippen molar-refractivity contribution in [3.8, 4) is 0 Å². The average molecular weight is 356 g/mol. The number of benzene rings is 1. The summed E-state index contributed by atoms with van der Waals surface area (Å²) in [5.41, 5.74) is 3.42. The van der Waals surface area contributed by atoms with Crippen molar-refractivity contribution in [1.29, 1.82) is 0 Å². The van der Waals surface area contributed by atoms with Gasteiger partial charge in [0, 0.05) is 41.6 Å². The molecule has 0 unspecified atom stereocenters. The Morgan fingerprint density at radius 3 is 2.58 bits per heavy atom. The summed E-state index contributed by atoms with van der Waals surface area (Å²) < 4.78 is 2.17. The van der Waals surface area contributed by atoms with Gasteiger partial charge in [0.1, 0.15) is 0 Å². The Labute approximate surface area is 154 Å². The highest BCUT2D eigenvalue weighted by atomic mass is 16.3. The lowest BCUT2D eigenvalue weighted by Gasteiger charge is -2.34. The number of nitrogens with one attached hydrogen (secondary N) is 1. The van der Waals surface area contributed by atoms with Crippen LogP contribution in [0.15, 0.2) is 23.5 Å². The van der Waals surface area contributed by atoms with E-state index in [-0.39, 0.29) is 6.04 Å². The molecule has 140 valence electrons. The number of amides is 1. The van der Waals surface area contributed by atoms with Crippen LogP contribution < -0.4 is 10.2 Å². The number of aryl methyl sites for hydroxylation is 1. The van der Waals surface area contributed by atoms with Gasteiger partial charge in [0.25, 0.3) is 0 Å². The predicted molar refractivity (Wildman–Crippen MR) is 106 cm³/mol. The van der Waals surface area contributed by atoms with Crippen LogP contribution in [0.1, 0.15) is 48.7 Å². The van der Waals surface area contributed by atoms with Gasteiger partial charge in [-0.3, -0.25) is 4.79 Å². The van der Waals surface area contributed by atoms with E-state index in [4.69, 9.17) is 0 Å². The van der Waals surface area contributed by atoms with Crippen molar-refractivity contribution >= 4 is 22.5 Å². The summed E-state index contributed by atoms with van der Waals surface area (Å²) in [4.78, 5) is 25.5. The largest absolute Gasteiger partial charge is 0.371 e. The Balaban J connectivity index is 2.05. The number of piperidine rings is 1. The highest BCUT2D eigenvalue weighted by Gasteiger charge is 2.23. The van der Waals surface area contributed by atoms with E-state index >= 15 is 0 Å². The summed E-state index contributed by atoms with van der Waals surface area (Å²) in [5.74, 6) is 0.00557. The summed E-state index contributed by atoms with van der Waals surface area (Å²) in [5, 5.41) is 6.80. The maximum Gasteiger partial charge on any atom is 0.317 e. The van der Waals surface area contributed by atoms with Crippen molar-refractivity contribution in [2.75, 3.05) is 31.6 Å². The molecule has 1 aliphatic heterocycles. The van der Waals surface area contributed by atoms with Crippen molar-refractivity contribution < 1.29 is 4.79 Å². The lowest BCUT2D eigenvalue weighted by molar-refractivity contribution is 0.100. The normalized spacial score (nSPS) is 15.8. The third-order valence-electron chi connectivity index (χ3n) is 5.45. The minimum Gasteiger partial charge on any atom is -0.371 e. The smallest absolute Gasteiger partial charge is 0.317 e. The highest BCUT2D eigenvalue weighted by Crippen LogP contribution is 2.34. The number of anilines is 1. The molecule has 1 saturated heterocycles. The molecular weight excluding hydrogens is 328 g/mol. The quantitative estimate of drug-likeness (QED) is 0.826. The number of carbonyl (C=O) groups excluding carboxylic acids is 1. The van der Waals surface area contributed by atoms with Crippen molar-refractivity contribution in [3.63, 3.8) is 0 Å². The first-order valence-electron chi connectivity index (χ1n) is 9.38. The van der Waals surface area contributed by atoms with Gasteiger partial charge in [0.2, 0.25) is 0 Å². The molecule has 1 N–H and O–H groups in total. The van der Waals surface area contributed by atoms with Gasteiger partial charge in [-0.15, -0.1) is 4.91 Å². The van der Waals surface area contributed by atoms with Crippen LogP contribution >= 0.6 is 0 Å². The van der Waals surface area contributed by atoms with Gasteiger partial charge in [0.15, 0.2) is 0 Å². The molecule has 1 fully saturated rings. The molecule has 26 heavy (non-hydrogen) atoms. The first kappa shape index (κ1) is 18.6. The van der Waals surface area contributed by atoms with E-state index < -0.39 is 5.91 Å². The molecule has 1 aliphatic rings.